The zero-order chi connectivity index (χ0) is 15.5. The van der Waals surface area contributed by atoms with Crippen molar-refractivity contribution in [2.24, 2.45) is 0 Å². The molecule has 0 atom stereocenters. The molecule has 0 aliphatic carbocycles. The molecule has 1 saturated heterocycles. The van der Waals surface area contributed by atoms with E-state index in [1.54, 1.807) is 19.9 Å². The van der Waals surface area contributed by atoms with E-state index in [0.29, 0.717) is 24.2 Å². The molecule has 1 aromatic rings. The molecule has 0 saturated carbocycles. The molecule has 110 valence electrons. The minimum Gasteiger partial charge on any atom is -0.384 e. The van der Waals surface area contributed by atoms with Gasteiger partial charge in [0.25, 0.3) is 5.91 Å². The van der Waals surface area contributed by atoms with Crippen molar-refractivity contribution < 1.29 is 14.7 Å². The largest absolute Gasteiger partial charge is 0.384 e. The molecule has 0 radical (unpaired) electrons. The number of aromatic nitrogens is 1. The van der Waals surface area contributed by atoms with Crippen LogP contribution in [0.4, 0.5) is 0 Å². The lowest BCUT2D eigenvalue weighted by Gasteiger charge is -2.41. The fourth-order valence-electron chi connectivity index (χ4n) is 2.18. The van der Waals surface area contributed by atoms with Gasteiger partial charge in [0, 0.05) is 31.0 Å². The predicted octanol–water partition coefficient (Wildman–Crippen LogP) is -0.224. The Bertz CT molecular complexity index is 629. The van der Waals surface area contributed by atoms with E-state index in [-0.39, 0.29) is 18.4 Å². The summed E-state index contributed by atoms with van der Waals surface area (Å²) in [5, 5.41) is 11.4. The number of hydrogen-bond acceptors (Lipinski definition) is 4. The minimum absolute atomic E-state index is 0.175. The summed E-state index contributed by atoms with van der Waals surface area (Å²) in [6, 6.07) is 1.61. The van der Waals surface area contributed by atoms with Crippen LogP contribution in [0.15, 0.2) is 18.5 Å². The maximum Gasteiger partial charge on any atom is 0.256 e. The summed E-state index contributed by atoms with van der Waals surface area (Å²) in [7, 11) is 0. The van der Waals surface area contributed by atoms with Crippen LogP contribution < -0.4 is 5.32 Å². The van der Waals surface area contributed by atoms with Crippen molar-refractivity contribution in [1.29, 1.82) is 0 Å². The summed E-state index contributed by atoms with van der Waals surface area (Å²) in [5.74, 6) is 4.79. The van der Waals surface area contributed by atoms with Crippen LogP contribution in [0.25, 0.3) is 0 Å². The number of amides is 2. The van der Waals surface area contributed by atoms with Crippen molar-refractivity contribution in [3.63, 3.8) is 0 Å². The second-order valence-corrected chi connectivity index (χ2v) is 5.19. The smallest absolute Gasteiger partial charge is 0.256 e. The van der Waals surface area contributed by atoms with Crippen molar-refractivity contribution in [3.8, 4) is 11.8 Å². The Kier molecular flexibility index (Phi) is 4.24. The van der Waals surface area contributed by atoms with Crippen molar-refractivity contribution >= 4 is 11.8 Å². The van der Waals surface area contributed by atoms with Gasteiger partial charge in [-0.3, -0.25) is 14.6 Å². The monoisotopic (exact) mass is 287 g/mol. The molecule has 1 aromatic heterocycles. The van der Waals surface area contributed by atoms with Gasteiger partial charge in [0.2, 0.25) is 5.91 Å². The lowest BCUT2D eigenvalue weighted by molar-refractivity contribution is -0.133. The van der Waals surface area contributed by atoms with Crippen LogP contribution in [-0.2, 0) is 4.79 Å². The Morgan fingerprint density at radius 2 is 2.29 bits per heavy atom. The lowest BCUT2D eigenvalue weighted by Crippen LogP contribution is -2.63. The third-order valence-corrected chi connectivity index (χ3v) is 3.39. The number of rotatable bonds is 1. The first kappa shape index (κ1) is 15.0. The van der Waals surface area contributed by atoms with Crippen LogP contribution in [0, 0.1) is 11.8 Å². The van der Waals surface area contributed by atoms with Crippen LogP contribution in [-0.4, -0.2) is 52.0 Å². The number of carbonyl (C=O) groups excluding carboxylic acids is 2. The summed E-state index contributed by atoms with van der Waals surface area (Å²) in [6.45, 7) is 4.05. The highest BCUT2D eigenvalue weighted by molar-refractivity contribution is 5.99. The van der Waals surface area contributed by atoms with Crippen molar-refractivity contribution in [2.75, 3.05) is 19.7 Å². The topological polar surface area (TPSA) is 82.5 Å². The Labute approximate surface area is 123 Å². The van der Waals surface area contributed by atoms with Gasteiger partial charge in [0.1, 0.15) is 12.1 Å². The zero-order valence-corrected chi connectivity index (χ0v) is 12.0. The summed E-state index contributed by atoms with van der Waals surface area (Å²) >= 11 is 0. The minimum atomic E-state index is -0.901. The lowest BCUT2D eigenvalue weighted by atomic mass is 9.97. The molecule has 1 aliphatic heterocycles. The number of aliphatic hydroxyl groups excluding tert-OH is 1. The van der Waals surface area contributed by atoms with E-state index in [0.717, 1.165) is 0 Å². The molecule has 6 nitrogen and oxygen atoms in total. The van der Waals surface area contributed by atoms with Gasteiger partial charge in [0.15, 0.2) is 0 Å². The molecule has 0 aromatic carbocycles. The first-order chi connectivity index (χ1) is 9.96. The van der Waals surface area contributed by atoms with Gasteiger partial charge >= 0.3 is 0 Å². The highest BCUT2D eigenvalue weighted by Crippen LogP contribution is 2.20. The quantitative estimate of drug-likeness (QED) is 0.699. The van der Waals surface area contributed by atoms with Gasteiger partial charge in [-0.25, -0.2) is 0 Å². The number of hydrogen-bond donors (Lipinski definition) is 2. The van der Waals surface area contributed by atoms with Gasteiger partial charge in [-0.2, -0.15) is 0 Å². The normalized spacial score (nSPS) is 16.7. The molecule has 6 heteroatoms. The number of nitrogens with one attached hydrogen (secondary N) is 1. The molecular weight excluding hydrogens is 270 g/mol. The predicted molar refractivity (Wildman–Crippen MR) is 76.3 cm³/mol. The average Bonchev–Trinajstić information content (AvgIpc) is 2.47. The summed E-state index contributed by atoms with van der Waals surface area (Å²) in [5.41, 5.74) is 0.0268. The molecular formula is C15H17N3O3. The van der Waals surface area contributed by atoms with E-state index in [1.807, 2.05) is 0 Å². The fraction of sp³-hybridized carbons (Fsp3) is 0.400. The summed E-state index contributed by atoms with van der Waals surface area (Å²) in [4.78, 5) is 30.0. The van der Waals surface area contributed by atoms with E-state index in [2.05, 4.69) is 22.1 Å². The van der Waals surface area contributed by atoms with E-state index >= 15 is 0 Å². The first-order valence-corrected chi connectivity index (χ1v) is 6.62. The second kappa shape index (κ2) is 5.94. The molecule has 1 aliphatic rings. The molecule has 2 heterocycles. The Hall–Kier alpha value is -2.39. The van der Waals surface area contributed by atoms with Gasteiger partial charge in [-0.1, -0.05) is 11.8 Å². The third-order valence-electron chi connectivity index (χ3n) is 3.39. The number of aliphatic hydroxyl groups is 1. The van der Waals surface area contributed by atoms with Crippen LogP contribution in [0.2, 0.25) is 0 Å². The number of pyridine rings is 1. The first-order valence-electron chi connectivity index (χ1n) is 6.62. The fourth-order valence-corrected chi connectivity index (χ4v) is 2.18. The van der Waals surface area contributed by atoms with E-state index in [9.17, 15) is 9.59 Å². The highest BCUT2D eigenvalue weighted by atomic mass is 16.2. The van der Waals surface area contributed by atoms with E-state index in [4.69, 9.17) is 5.11 Å². The molecule has 2 N–H and O–H groups in total. The summed E-state index contributed by atoms with van der Waals surface area (Å²) < 4.78 is 0. The van der Waals surface area contributed by atoms with Crippen molar-refractivity contribution in [3.05, 3.63) is 29.6 Å². The van der Waals surface area contributed by atoms with E-state index < -0.39 is 5.54 Å². The van der Waals surface area contributed by atoms with Crippen molar-refractivity contribution in [1.82, 2.24) is 15.2 Å². The van der Waals surface area contributed by atoms with Crippen LogP contribution in [0.1, 0.15) is 29.8 Å². The zero-order valence-electron chi connectivity index (χ0n) is 12.0. The standard InChI is InChI=1S/C15H17N3O3/c1-15(2)14(21)17-5-6-18(15)13(20)12-8-11(4-3-7-19)9-16-10-12/h8-10,19H,5-7H2,1-2H3,(H,17,21). The van der Waals surface area contributed by atoms with Gasteiger partial charge < -0.3 is 15.3 Å². The number of piperazine rings is 1. The van der Waals surface area contributed by atoms with Crippen LogP contribution in [0.3, 0.4) is 0 Å². The Balaban J connectivity index is 2.29. The highest BCUT2D eigenvalue weighted by Gasteiger charge is 2.40. The second-order valence-electron chi connectivity index (χ2n) is 5.19. The van der Waals surface area contributed by atoms with E-state index in [1.165, 1.54) is 17.3 Å². The molecule has 0 bridgehead atoms. The SMILES string of the molecule is CC1(C)C(=O)NCCN1C(=O)c1cncc(C#CCO)c1. The molecule has 1 fully saturated rings. The molecule has 21 heavy (non-hydrogen) atoms. The van der Waals surface area contributed by atoms with Gasteiger partial charge in [0.05, 0.1) is 5.56 Å². The molecule has 2 amide bonds. The summed E-state index contributed by atoms with van der Waals surface area (Å²) in [6.07, 6.45) is 2.97. The maximum absolute atomic E-state index is 12.6. The Morgan fingerprint density at radius 1 is 1.52 bits per heavy atom. The Morgan fingerprint density at radius 3 is 3.00 bits per heavy atom. The van der Waals surface area contributed by atoms with Crippen LogP contribution in [0.5, 0.6) is 0 Å². The number of carbonyl (C=O) groups is 2. The molecule has 0 spiro atoms. The third kappa shape index (κ3) is 3.03. The van der Waals surface area contributed by atoms with Crippen molar-refractivity contribution in [2.45, 2.75) is 19.4 Å². The maximum atomic E-state index is 12.6. The van der Waals surface area contributed by atoms with Gasteiger partial charge in [-0.05, 0) is 19.9 Å². The number of nitrogens with zero attached hydrogens (tertiary/aromatic N) is 2. The average molecular weight is 287 g/mol. The van der Waals surface area contributed by atoms with Gasteiger partial charge in [-0.15, -0.1) is 0 Å². The molecule has 2 rings (SSSR count). The van der Waals surface area contributed by atoms with Crippen LogP contribution >= 0.6 is 0 Å². The molecule has 0 unspecified atom stereocenters.